The van der Waals surface area contributed by atoms with Crippen molar-refractivity contribution in [2.45, 2.75) is 57.6 Å². The highest BCUT2D eigenvalue weighted by molar-refractivity contribution is 5.95. The molecule has 0 aromatic carbocycles. The maximum Gasteiger partial charge on any atom is 0.254 e. The molecular weight excluding hydrogens is 292 g/mol. The lowest BCUT2D eigenvalue weighted by molar-refractivity contribution is -0.120. The molecule has 0 spiro atoms. The number of rotatable bonds is 6. The lowest BCUT2D eigenvalue weighted by atomic mass is 9.58. The van der Waals surface area contributed by atoms with Crippen LogP contribution in [0, 0.1) is 5.41 Å². The van der Waals surface area contributed by atoms with E-state index in [0.717, 1.165) is 44.5 Å². The van der Waals surface area contributed by atoms with Crippen LogP contribution in [0.3, 0.4) is 0 Å². The fourth-order valence-corrected chi connectivity index (χ4v) is 4.40. The number of amides is 1. The van der Waals surface area contributed by atoms with E-state index in [1.807, 2.05) is 0 Å². The Kier molecular flexibility index (Phi) is 4.73. The number of methoxy groups -OCH3 is 1. The van der Waals surface area contributed by atoms with Crippen LogP contribution in [-0.2, 0) is 4.74 Å². The first-order chi connectivity index (χ1) is 11.2. The van der Waals surface area contributed by atoms with Gasteiger partial charge in [-0.25, -0.2) is 0 Å². The van der Waals surface area contributed by atoms with Gasteiger partial charge in [-0.2, -0.15) is 5.10 Å². The lowest BCUT2D eigenvalue weighted by Crippen LogP contribution is -2.64. The zero-order valence-corrected chi connectivity index (χ0v) is 14.3. The largest absolute Gasteiger partial charge is 0.381 e. The Morgan fingerprint density at radius 2 is 2.26 bits per heavy atom. The number of hydrogen-bond donors (Lipinski definition) is 3. The van der Waals surface area contributed by atoms with Gasteiger partial charge in [-0.3, -0.25) is 9.89 Å². The van der Waals surface area contributed by atoms with Crippen LogP contribution in [0.5, 0.6) is 0 Å². The van der Waals surface area contributed by atoms with E-state index in [-0.39, 0.29) is 23.5 Å². The van der Waals surface area contributed by atoms with Crippen LogP contribution in [0.2, 0.25) is 0 Å². The van der Waals surface area contributed by atoms with Crippen molar-refractivity contribution in [2.75, 3.05) is 20.2 Å². The second-order valence-electron chi connectivity index (χ2n) is 6.81. The van der Waals surface area contributed by atoms with Crippen LogP contribution in [0.25, 0.3) is 0 Å². The summed E-state index contributed by atoms with van der Waals surface area (Å²) < 4.78 is 5.61. The van der Waals surface area contributed by atoms with E-state index >= 15 is 0 Å². The maximum absolute atomic E-state index is 12.8. The molecule has 23 heavy (non-hydrogen) atoms. The number of hydrogen-bond acceptors (Lipinski definition) is 4. The van der Waals surface area contributed by atoms with Crippen LogP contribution in [-0.4, -0.2) is 48.4 Å². The molecule has 2 aliphatic rings. The first kappa shape index (κ1) is 16.5. The minimum Gasteiger partial charge on any atom is -0.381 e. The van der Waals surface area contributed by atoms with Gasteiger partial charge in [0.25, 0.3) is 5.91 Å². The van der Waals surface area contributed by atoms with E-state index in [1.54, 1.807) is 13.3 Å². The molecule has 3 N–H and O–H groups in total. The van der Waals surface area contributed by atoms with E-state index in [4.69, 9.17) is 4.74 Å². The average Bonchev–Trinajstić information content (AvgIpc) is 3.22. The molecule has 1 aromatic rings. The summed E-state index contributed by atoms with van der Waals surface area (Å²) in [6.45, 7) is 6.27. The highest BCUT2D eigenvalue weighted by Crippen LogP contribution is 2.48. The molecule has 1 amide bonds. The summed E-state index contributed by atoms with van der Waals surface area (Å²) in [6.07, 6.45) is 5.86. The summed E-state index contributed by atoms with van der Waals surface area (Å²) >= 11 is 0. The van der Waals surface area contributed by atoms with Crippen LogP contribution in [0.15, 0.2) is 6.20 Å². The molecule has 128 valence electrons. The smallest absolute Gasteiger partial charge is 0.254 e. The Labute approximate surface area is 137 Å². The Morgan fingerprint density at radius 3 is 2.87 bits per heavy atom. The zero-order chi connectivity index (χ0) is 16.4. The normalized spacial score (nSPS) is 29.3. The Balaban J connectivity index is 1.72. The van der Waals surface area contributed by atoms with Gasteiger partial charge >= 0.3 is 0 Å². The molecule has 2 fully saturated rings. The quantitative estimate of drug-likeness (QED) is 0.747. The Hall–Kier alpha value is -1.40. The van der Waals surface area contributed by atoms with Crippen LogP contribution >= 0.6 is 0 Å². The Bertz CT molecular complexity index is 547. The molecule has 1 saturated heterocycles. The number of H-pyrrole nitrogens is 1. The number of aromatic amines is 1. The van der Waals surface area contributed by atoms with E-state index < -0.39 is 0 Å². The van der Waals surface area contributed by atoms with Crippen molar-refractivity contribution in [3.8, 4) is 0 Å². The van der Waals surface area contributed by atoms with Gasteiger partial charge in [0, 0.05) is 31.0 Å². The molecule has 0 radical (unpaired) electrons. The first-order valence-electron chi connectivity index (χ1n) is 8.73. The highest BCUT2D eigenvalue weighted by atomic mass is 16.5. The van der Waals surface area contributed by atoms with Crippen LogP contribution < -0.4 is 10.6 Å². The molecule has 6 nitrogen and oxygen atoms in total. The van der Waals surface area contributed by atoms with E-state index in [0.29, 0.717) is 11.5 Å². The van der Waals surface area contributed by atoms with E-state index in [9.17, 15) is 4.79 Å². The molecule has 3 atom stereocenters. The number of aromatic nitrogens is 2. The molecule has 0 bridgehead atoms. The van der Waals surface area contributed by atoms with Gasteiger partial charge < -0.3 is 15.4 Å². The van der Waals surface area contributed by atoms with Gasteiger partial charge in [-0.05, 0) is 32.2 Å². The monoisotopic (exact) mass is 320 g/mol. The second-order valence-corrected chi connectivity index (χ2v) is 6.81. The predicted octanol–water partition coefficient (Wildman–Crippen LogP) is 1.81. The molecule has 3 unspecified atom stereocenters. The van der Waals surface area contributed by atoms with Gasteiger partial charge in [0.15, 0.2) is 0 Å². The number of carbonyl (C=O) groups is 1. The first-order valence-corrected chi connectivity index (χ1v) is 8.73. The van der Waals surface area contributed by atoms with Crippen molar-refractivity contribution < 1.29 is 9.53 Å². The molecular formula is C17H28N4O2. The number of nitrogens with zero attached hydrogens (tertiary/aromatic N) is 1. The fraction of sp³-hybridized carbons (Fsp3) is 0.765. The van der Waals surface area contributed by atoms with Crippen molar-refractivity contribution in [1.82, 2.24) is 20.8 Å². The molecule has 1 aliphatic carbocycles. The predicted molar refractivity (Wildman–Crippen MR) is 88.5 cm³/mol. The zero-order valence-electron chi connectivity index (χ0n) is 14.3. The summed E-state index contributed by atoms with van der Waals surface area (Å²) in [6, 6.07) is 0.180. The summed E-state index contributed by atoms with van der Waals surface area (Å²) in [7, 11) is 1.77. The van der Waals surface area contributed by atoms with Gasteiger partial charge in [-0.1, -0.05) is 13.8 Å². The fourth-order valence-electron chi connectivity index (χ4n) is 4.40. The van der Waals surface area contributed by atoms with E-state index in [1.165, 1.54) is 0 Å². The Morgan fingerprint density at radius 1 is 1.48 bits per heavy atom. The van der Waals surface area contributed by atoms with Gasteiger partial charge in [0.1, 0.15) is 0 Å². The standard InChI is InChI=1S/C17H28N4O2/c1-4-17(5-2)13(8-14(17)23-3)20-16(22)12-10-19-21-15(12)11-6-7-18-9-11/h10-11,13-14,18H,4-9H2,1-3H3,(H,19,21)(H,20,22). The molecule has 6 heteroatoms. The van der Waals surface area contributed by atoms with Gasteiger partial charge in [0.05, 0.1) is 23.6 Å². The summed E-state index contributed by atoms with van der Waals surface area (Å²) in [5.41, 5.74) is 1.72. The number of nitrogens with one attached hydrogen (secondary N) is 3. The minimum atomic E-state index is -0.00789. The highest BCUT2D eigenvalue weighted by Gasteiger charge is 2.53. The maximum atomic E-state index is 12.8. The van der Waals surface area contributed by atoms with Crippen molar-refractivity contribution >= 4 is 5.91 Å². The number of ether oxygens (including phenoxy) is 1. The number of carbonyl (C=O) groups excluding carboxylic acids is 1. The summed E-state index contributed by atoms with van der Waals surface area (Å²) in [5, 5.41) is 13.7. The van der Waals surface area contributed by atoms with Crippen LogP contribution in [0.1, 0.15) is 61.5 Å². The summed E-state index contributed by atoms with van der Waals surface area (Å²) in [5.74, 6) is 0.347. The molecule has 1 aromatic heterocycles. The van der Waals surface area contributed by atoms with Gasteiger partial charge in [-0.15, -0.1) is 0 Å². The van der Waals surface area contributed by atoms with Crippen molar-refractivity contribution in [2.24, 2.45) is 5.41 Å². The molecule has 3 rings (SSSR count). The molecule has 1 aliphatic heterocycles. The van der Waals surface area contributed by atoms with Gasteiger partial charge in [0.2, 0.25) is 0 Å². The van der Waals surface area contributed by atoms with E-state index in [2.05, 4.69) is 34.7 Å². The minimum absolute atomic E-state index is 0.00789. The third-order valence-electron chi connectivity index (χ3n) is 6.07. The van der Waals surface area contributed by atoms with Crippen molar-refractivity contribution in [1.29, 1.82) is 0 Å². The van der Waals surface area contributed by atoms with Crippen molar-refractivity contribution in [3.05, 3.63) is 17.5 Å². The average molecular weight is 320 g/mol. The third-order valence-corrected chi connectivity index (χ3v) is 6.07. The topological polar surface area (TPSA) is 79.0 Å². The summed E-state index contributed by atoms with van der Waals surface area (Å²) in [4.78, 5) is 12.8. The SMILES string of the molecule is CCC1(CC)C(NC(=O)c2cn[nH]c2C2CCNC2)CC1OC. The molecule has 2 heterocycles. The third kappa shape index (κ3) is 2.68. The second kappa shape index (κ2) is 6.61. The molecule has 1 saturated carbocycles. The lowest BCUT2D eigenvalue weighted by Gasteiger charge is -2.55. The van der Waals surface area contributed by atoms with Crippen LogP contribution in [0.4, 0.5) is 0 Å². The van der Waals surface area contributed by atoms with Crippen molar-refractivity contribution in [3.63, 3.8) is 0 Å².